The molecule has 0 spiro atoms. The van der Waals surface area contributed by atoms with E-state index >= 15 is 0 Å². The lowest BCUT2D eigenvalue weighted by atomic mass is 10.0. The first-order chi connectivity index (χ1) is 16.8. The van der Waals surface area contributed by atoms with E-state index < -0.39 is 19.6 Å². The Hall–Kier alpha value is -3.05. The Morgan fingerprint density at radius 1 is 1.23 bits per heavy atom. The van der Waals surface area contributed by atoms with E-state index in [-0.39, 0.29) is 25.3 Å². The number of rotatable bonds is 12. The average molecular weight is 507 g/mol. The Kier molecular flexibility index (Phi) is 9.55. The van der Waals surface area contributed by atoms with Gasteiger partial charge >= 0.3 is 7.82 Å². The van der Waals surface area contributed by atoms with E-state index in [1.165, 1.54) is 12.3 Å². The number of allylic oxidation sites excluding steroid dienone is 2. The molecule has 0 bridgehead atoms. The lowest BCUT2D eigenvalue weighted by Crippen LogP contribution is -2.78. The van der Waals surface area contributed by atoms with Crippen LogP contribution in [0.25, 0.3) is 5.57 Å². The van der Waals surface area contributed by atoms with Gasteiger partial charge in [0.2, 0.25) is 5.95 Å². The number of aromatic nitrogens is 2. The zero-order valence-electron chi connectivity index (χ0n) is 18.9. The Morgan fingerprint density at radius 2 is 1.94 bits per heavy atom. The van der Waals surface area contributed by atoms with Gasteiger partial charge in [-0.05, 0) is 34.9 Å². The molecule has 1 atom stereocenters. The van der Waals surface area contributed by atoms with Crippen LogP contribution in [0.2, 0.25) is 0 Å². The molecule has 0 saturated heterocycles. The second-order valence-corrected chi connectivity index (χ2v) is 8.95. The maximum Gasteiger partial charge on any atom is 0.476 e. The number of phosphoric acid groups is 1. The lowest BCUT2D eigenvalue weighted by Gasteiger charge is -2.05. The standard InChI is InChI=1S/C23H25F2N4O5P/c1-32-35(30,31)33-15-27-9-2-3-19(14-26)21-13-20(29-34-21)12-17-6-4-16(5-7-17)11-18-8-10-28-23(25)22(18)24/h2-10,13,27H,11-12,14-15,26H2,1H3,(H,30,31)/p+1/b9-2-,19-3+. The summed E-state index contributed by atoms with van der Waals surface area (Å²) in [5.74, 6) is -1.51. The summed E-state index contributed by atoms with van der Waals surface area (Å²) < 4.78 is 52.7. The predicted molar refractivity (Wildman–Crippen MR) is 124 cm³/mol. The van der Waals surface area contributed by atoms with Crippen LogP contribution in [0.5, 0.6) is 0 Å². The van der Waals surface area contributed by atoms with E-state index in [0.717, 1.165) is 18.2 Å². The summed E-state index contributed by atoms with van der Waals surface area (Å²) in [4.78, 5) is 12.4. The van der Waals surface area contributed by atoms with Gasteiger partial charge in [0.25, 0.3) is 0 Å². The molecule has 2 aromatic heterocycles. The van der Waals surface area contributed by atoms with E-state index in [9.17, 15) is 13.3 Å². The number of halogens is 2. The molecular weight excluding hydrogens is 481 g/mol. The summed E-state index contributed by atoms with van der Waals surface area (Å²) in [5.41, 5.74) is 9.29. The Balaban J connectivity index is 1.56. The summed E-state index contributed by atoms with van der Waals surface area (Å²) in [6, 6.07) is 10.8. The highest BCUT2D eigenvalue weighted by Crippen LogP contribution is 2.40. The third-order valence-electron chi connectivity index (χ3n) is 4.93. The average Bonchev–Trinajstić information content (AvgIpc) is 3.31. The zero-order valence-corrected chi connectivity index (χ0v) is 19.8. The molecule has 0 aliphatic heterocycles. The molecule has 0 amide bonds. The van der Waals surface area contributed by atoms with Crippen molar-refractivity contribution in [2.45, 2.75) is 12.8 Å². The molecule has 12 heteroatoms. The Morgan fingerprint density at radius 3 is 2.63 bits per heavy atom. The van der Waals surface area contributed by atoms with Gasteiger partial charge in [-0.15, -0.1) is 0 Å². The fourth-order valence-electron chi connectivity index (χ4n) is 3.09. The molecule has 5 N–H and O–H groups in total. The number of hydrogen-bond donors (Lipinski definition) is 3. The fourth-order valence-corrected chi connectivity index (χ4v) is 3.47. The fraction of sp³-hybridized carbons (Fsp3) is 0.217. The summed E-state index contributed by atoms with van der Waals surface area (Å²) in [6.07, 6.45) is 7.09. The highest BCUT2D eigenvalue weighted by Gasteiger charge is 2.18. The van der Waals surface area contributed by atoms with Crippen molar-refractivity contribution >= 4 is 13.4 Å². The van der Waals surface area contributed by atoms with Crippen LogP contribution in [0.3, 0.4) is 0 Å². The maximum absolute atomic E-state index is 13.8. The Bertz CT molecular complexity index is 1230. The van der Waals surface area contributed by atoms with Crippen molar-refractivity contribution in [1.82, 2.24) is 10.1 Å². The van der Waals surface area contributed by atoms with Crippen molar-refractivity contribution in [3.05, 3.63) is 101 Å². The van der Waals surface area contributed by atoms with Gasteiger partial charge in [-0.2, -0.15) is 4.39 Å². The van der Waals surface area contributed by atoms with Crippen LogP contribution in [0.1, 0.15) is 28.1 Å². The second-order valence-electron chi connectivity index (χ2n) is 7.39. The zero-order chi connectivity index (χ0) is 25.3. The van der Waals surface area contributed by atoms with E-state index in [2.05, 4.69) is 19.2 Å². The minimum atomic E-state index is -4.00. The third-order valence-corrected chi connectivity index (χ3v) is 5.87. The molecule has 0 radical (unpaired) electrons. The lowest BCUT2D eigenvalue weighted by molar-refractivity contribution is -0.617. The summed E-state index contributed by atoms with van der Waals surface area (Å²) in [7, 11) is -2.91. The number of nitrogens with zero attached hydrogens (tertiary/aromatic N) is 2. The number of pyridine rings is 1. The van der Waals surface area contributed by atoms with Crippen LogP contribution in [0.15, 0.2) is 65.5 Å². The molecule has 2 heterocycles. The number of phosphoric ester groups is 1. The van der Waals surface area contributed by atoms with Crippen LogP contribution in [0, 0.1) is 11.8 Å². The third kappa shape index (κ3) is 8.00. The van der Waals surface area contributed by atoms with Gasteiger partial charge in [-0.3, -0.25) is 9.84 Å². The van der Waals surface area contributed by atoms with Crippen molar-refractivity contribution in [3.63, 3.8) is 0 Å². The SMILES string of the molecule is COP(=O)(O)OC[NH2+]/C=C\C=C(/CN)c1cc(Cc2ccc(Cc3ccnc(F)c3F)cc2)no1. The molecule has 0 aliphatic carbocycles. The van der Waals surface area contributed by atoms with Crippen molar-refractivity contribution in [2.75, 3.05) is 20.4 Å². The highest BCUT2D eigenvalue weighted by atomic mass is 31.2. The number of quaternary nitrogens is 1. The molecule has 1 unspecified atom stereocenters. The van der Waals surface area contributed by atoms with Crippen LogP contribution in [0.4, 0.5) is 8.78 Å². The molecule has 9 nitrogen and oxygen atoms in total. The molecule has 35 heavy (non-hydrogen) atoms. The van der Waals surface area contributed by atoms with E-state index in [4.69, 9.17) is 15.2 Å². The summed E-state index contributed by atoms with van der Waals surface area (Å²) in [5, 5.41) is 5.63. The minimum Gasteiger partial charge on any atom is -0.356 e. The highest BCUT2D eigenvalue weighted by molar-refractivity contribution is 7.47. The van der Waals surface area contributed by atoms with Gasteiger partial charge in [0, 0.05) is 44.3 Å². The van der Waals surface area contributed by atoms with Crippen LogP contribution in [-0.2, 0) is 26.5 Å². The first-order valence-corrected chi connectivity index (χ1v) is 12.1. The first kappa shape index (κ1) is 26.6. The first-order valence-electron chi connectivity index (χ1n) is 10.6. The number of nitrogens with two attached hydrogens (primary N) is 2. The van der Waals surface area contributed by atoms with Gasteiger partial charge in [-0.25, -0.2) is 18.5 Å². The quantitative estimate of drug-likeness (QED) is 0.112. The van der Waals surface area contributed by atoms with Crippen molar-refractivity contribution in [2.24, 2.45) is 5.73 Å². The normalized spacial score (nSPS) is 13.9. The molecule has 186 valence electrons. The van der Waals surface area contributed by atoms with Crippen LogP contribution >= 0.6 is 7.82 Å². The van der Waals surface area contributed by atoms with E-state index in [1.807, 2.05) is 24.3 Å². The predicted octanol–water partition coefficient (Wildman–Crippen LogP) is 2.67. The van der Waals surface area contributed by atoms with Gasteiger partial charge in [0.1, 0.15) is 0 Å². The molecule has 3 rings (SSSR count). The van der Waals surface area contributed by atoms with E-state index in [1.54, 1.807) is 29.7 Å². The van der Waals surface area contributed by atoms with Crippen LogP contribution in [-0.4, -0.2) is 35.4 Å². The molecule has 0 fully saturated rings. The van der Waals surface area contributed by atoms with Gasteiger partial charge < -0.3 is 15.2 Å². The van der Waals surface area contributed by atoms with Gasteiger partial charge in [0.05, 0.1) is 11.9 Å². The van der Waals surface area contributed by atoms with Gasteiger partial charge in [0.15, 0.2) is 18.3 Å². The number of benzene rings is 1. The van der Waals surface area contributed by atoms with Crippen molar-refractivity contribution in [3.8, 4) is 0 Å². The second kappa shape index (κ2) is 12.6. The van der Waals surface area contributed by atoms with Crippen LogP contribution < -0.4 is 11.1 Å². The molecular formula is C23H26F2N4O5P+. The number of hydrogen-bond acceptors (Lipinski definition) is 7. The molecule has 3 aromatic rings. The smallest absolute Gasteiger partial charge is 0.356 e. The van der Waals surface area contributed by atoms with Crippen molar-refractivity contribution < 1.29 is 37.1 Å². The summed E-state index contributed by atoms with van der Waals surface area (Å²) >= 11 is 0. The minimum absolute atomic E-state index is 0.0937. The molecule has 0 saturated carbocycles. The summed E-state index contributed by atoms with van der Waals surface area (Å²) in [6.45, 7) is 0.120. The molecule has 0 aliphatic rings. The maximum atomic E-state index is 13.8. The topological polar surface area (TPSA) is 137 Å². The Labute approximate surface area is 200 Å². The monoisotopic (exact) mass is 507 g/mol. The van der Waals surface area contributed by atoms with Gasteiger partial charge in [-0.1, -0.05) is 29.4 Å². The van der Waals surface area contributed by atoms with E-state index in [0.29, 0.717) is 23.4 Å². The largest absolute Gasteiger partial charge is 0.476 e. The van der Waals surface area contributed by atoms with Crippen molar-refractivity contribution in [1.29, 1.82) is 0 Å². The molecule has 1 aromatic carbocycles.